The highest BCUT2D eigenvalue weighted by Crippen LogP contribution is 2.29. The van der Waals surface area contributed by atoms with Crippen molar-refractivity contribution in [1.29, 1.82) is 0 Å². The maximum absolute atomic E-state index is 13.1. The van der Waals surface area contributed by atoms with Gasteiger partial charge in [-0.3, -0.25) is 4.79 Å². The number of rotatable bonds is 8. The Morgan fingerprint density at radius 3 is 2.67 bits per heavy atom. The van der Waals surface area contributed by atoms with Gasteiger partial charge in [-0.1, -0.05) is 30.6 Å². The highest BCUT2D eigenvalue weighted by Gasteiger charge is 2.33. The second-order valence-corrected chi connectivity index (χ2v) is 7.49. The summed E-state index contributed by atoms with van der Waals surface area (Å²) in [6, 6.07) is 13.7. The number of halogens is 1. The molecule has 0 bridgehead atoms. The summed E-state index contributed by atoms with van der Waals surface area (Å²) < 4.78 is 24.2. The molecule has 1 aliphatic rings. The first-order chi connectivity index (χ1) is 14.6. The number of hydrogen-bond acceptors (Lipinski definition) is 5. The van der Waals surface area contributed by atoms with Crippen LogP contribution in [0.2, 0.25) is 0 Å². The van der Waals surface area contributed by atoms with Gasteiger partial charge in [0.25, 0.3) is 5.89 Å². The molecule has 1 amide bonds. The lowest BCUT2D eigenvalue weighted by molar-refractivity contribution is -0.128. The van der Waals surface area contributed by atoms with Gasteiger partial charge in [0.2, 0.25) is 5.91 Å². The number of carbonyl (C=O) groups excluding carboxylic acids is 1. The minimum atomic E-state index is -0.288. The number of aromatic nitrogens is 2. The third kappa shape index (κ3) is 4.67. The summed E-state index contributed by atoms with van der Waals surface area (Å²) in [6.07, 6.45) is 2.45. The largest absolute Gasteiger partial charge is 0.494 e. The molecular weight excluding hydrogens is 385 g/mol. The summed E-state index contributed by atoms with van der Waals surface area (Å²) in [7, 11) is 0. The summed E-state index contributed by atoms with van der Waals surface area (Å²) in [5.41, 5.74) is 1.70. The van der Waals surface area contributed by atoms with Crippen LogP contribution in [0.15, 0.2) is 53.1 Å². The van der Waals surface area contributed by atoms with Crippen molar-refractivity contribution >= 4 is 5.91 Å². The van der Waals surface area contributed by atoms with E-state index in [1.54, 1.807) is 17.0 Å². The van der Waals surface area contributed by atoms with E-state index < -0.39 is 0 Å². The Hall–Kier alpha value is -3.22. The molecule has 6 nitrogen and oxygen atoms in total. The first-order valence-electron chi connectivity index (χ1n) is 10.2. The molecule has 1 fully saturated rings. The minimum absolute atomic E-state index is 0.0317. The normalized spacial score (nSPS) is 16.3. The molecule has 0 aliphatic carbocycles. The number of carbonyl (C=O) groups is 1. The lowest BCUT2D eigenvalue weighted by Gasteiger charge is -2.16. The Kier molecular flexibility index (Phi) is 6.07. The first kappa shape index (κ1) is 20.1. The molecule has 1 saturated heterocycles. The number of nitrogens with zero attached hydrogens (tertiary/aromatic N) is 3. The van der Waals surface area contributed by atoms with Crippen molar-refractivity contribution in [3.63, 3.8) is 0 Å². The van der Waals surface area contributed by atoms with Gasteiger partial charge < -0.3 is 14.2 Å². The Labute approximate surface area is 174 Å². The predicted molar refractivity (Wildman–Crippen MR) is 109 cm³/mol. The topological polar surface area (TPSA) is 68.5 Å². The molecule has 0 spiro atoms. The van der Waals surface area contributed by atoms with Crippen LogP contribution in [0.3, 0.4) is 0 Å². The number of benzene rings is 2. The molecule has 1 aromatic heterocycles. The second-order valence-electron chi connectivity index (χ2n) is 7.49. The van der Waals surface area contributed by atoms with E-state index in [-0.39, 0.29) is 17.6 Å². The Morgan fingerprint density at radius 1 is 1.17 bits per heavy atom. The van der Waals surface area contributed by atoms with Gasteiger partial charge in [-0.25, -0.2) is 4.39 Å². The van der Waals surface area contributed by atoms with Gasteiger partial charge in [0.1, 0.15) is 11.6 Å². The van der Waals surface area contributed by atoms with Crippen LogP contribution in [0.1, 0.15) is 43.5 Å². The average Bonchev–Trinajstić information content (AvgIpc) is 3.38. The van der Waals surface area contributed by atoms with Crippen molar-refractivity contribution in [1.82, 2.24) is 15.0 Å². The lowest BCUT2D eigenvalue weighted by atomic mass is 10.1. The fraction of sp³-hybridized carbons (Fsp3) is 0.348. The lowest BCUT2D eigenvalue weighted by Crippen LogP contribution is -2.24. The van der Waals surface area contributed by atoms with Gasteiger partial charge in [-0.05, 0) is 48.4 Å². The smallest absolute Gasteiger partial charge is 0.257 e. The molecule has 1 atom stereocenters. The van der Waals surface area contributed by atoms with E-state index in [0.717, 1.165) is 29.7 Å². The molecule has 2 heterocycles. The van der Waals surface area contributed by atoms with Crippen molar-refractivity contribution in [3.05, 3.63) is 65.7 Å². The maximum Gasteiger partial charge on any atom is 0.257 e. The van der Waals surface area contributed by atoms with Crippen LogP contribution in [-0.2, 0) is 11.3 Å². The number of likely N-dealkylation sites (tertiary alicyclic amines) is 1. The summed E-state index contributed by atoms with van der Waals surface area (Å²) >= 11 is 0. The van der Waals surface area contributed by atoms with Crippen LogP contribution in [0, 0.1) is 5.82 Å². The second kappa shape index (κ2) is 9.07. The highest BCUT2D eigenvalue weighted by atomic mass is 19.1. The van der Waals surface area contributed by atoms with Crippen LogP contribution in [0.25, 0.3) is 11.5 Å². The zero-order valence-electron chi connectivity index (χ0n) is 16.9. The number of hydrogen-bond donors (Lipinski definition) is 0. The molecule has 1 aliphatic heterocycles. The summed E-state index contributed by atoms with van der Waals surface area (Å²) in [5, 5.41) is 4.10. The third-order valence-corrected chi connectivity index (χ3v) is 5.18. The first-order valence-corrected chi connectivity index (χ1v) is 10.2. The van der Waals surface area contributed by atoms with E-state index >= 15 is 0 Å². The molecule has 156 valence electrons. The molecule has 4 rings (SSSR count). The van der Waals surface area contributed by atoms with Gasteiger partial charge in [0.15, 0.2) is 5.82 Å². The maximum atomic E-state index is 13.1. The molecule has 7 heteroatoms. The number of unbranched alkanes of at least 4 members (excludes halogenated alkanes) is 1. The third-order valence-electron chi connectivity index (χ3n) is 5.18. The van der Waals surface area contributed by atoms with Gasteiger partial charge in [0, 0.05) is 31.0 Å². The Bertz CT molecular complexity index is 986. The minimum Gasteiger partial charge on any atom is -0.494 e. The fourth-order valence-electron chi connectivity index (χ4n) is 3.45. The Balaban J connectivity index is 1.39. The van der Waals surface area contributed by atoms with Crippen LogP contribution in [0.5, 0.6) is 5.75 Å². The van der Waals surface area contributed by atoms with Crippen LogP contribution in [0.4, 0.5) is 4.39 Å². The van der Waals surface area contributed by atoms with Gasteiger partial charge in [-0.2, -0.15) is 4.98 Å². The summed E-state index contributed by atoms with van der Waals surface area (Å²) in [6.45, 7) is 3.78. The van der Waals surface area contributed by atoms with E-state index in [9.17, 15) is 9.18 Å². The highest BCUT2D eigenvalue weighted by molar-refractivity contribution is 5.79. The molecule has 0 N–H and O–H groups in total. The standard InChI is InChI=1S/C23H24FN3O3/c1-2-3-12-29-20-10-6-17(7-11-20)23-25-22(26-30-23)18-13-21(28)27(15-18)14-16-4-8-19(24)9-5-16/h4-11,18H,2-3,12-15H2,1H3. The van der Waals surface area contributed by atoms with E-state index in [0.29, 0.717) is 37.8 Å². The van der Waals surface area contributed by atoms with E-state index in [1.165, 1.54) is 12.1 Å². The number of ether oxygens (including phenoxy) is 1. The zero-order chi connectivity index (χ0) is 20.9. The van der Waals surface area contributed by atoms with Crippen molar-refractivity contribution in [3.8, 4) is 17.2 Å². The zero-order valence-corrected chi connectivity index (χ0v) is 16.9. The molecule has 1 unspecified atom stereocenters. The van der Waals surface area contributed by atoms with E-state index in [2.05, 4.69) is 17.1 Å². The van der Waals surface area contributed by atoms with Crippen LogP contribution in [-0.4, -0.2) is 34.1 Å². The predicted octanol–water partition coefficient (Wildman–Crippen LogP) is 4.57. The van der Waals surface area contributed by atoms with Crippen molar-refractivity contribution in [2.75, 3.05) is 13.2 Å². The fourth-order valence-corrected chi connectivity index (χ4v) is 3.45. The number of amides is 1. The quantitative estimate of drug-likeness (QED) is 0.510. The van der Waals surface area contributed by atoms with E-state index in [1.807, 2.05) is 24.3 Å². The summed E-state index contributed by atoms with van der Waals surface area (Å²) in [4.78, 5) is 18.7. The average molecular weight is 409 g/mol. The molecule has 3 aromatic rings. The molecule has 0 radical (unpaired) electrons. The van der Waals surface area contributed by atoms with Crippen molar-refractivity contribution in [2.45, 2.75) is 38.6 Å². The van der Waals surface area contributed by atoms with Gasteiger partial charge in [0.05, 0.1) is 6.61 Å². The monoisotopic (exact) mass is 409 g/mol. The SMILES string of the molecule is CCCCOc1ccc(-c2nc(C3CC(=O)N(Cc4ccc(F)cc4)C3)no2)cc1. The van der Waals surface area contributed by atoms with Crippen molar-refractivity contribution < 1.29 is 18.4 Å². The molecule has 2 aromatic carbocycles. The molecular formula is C23H24FN3O3. The summed E-state index contributed by atoms with van der Waals surface area (Å²) in [5.74, 6) is 1.39. The van der Waals surface area contributed by atoms with Crippen LogP contribution >= 0.6 is 0 Å². The van der Waals surface area contributed by atoms with Crippen LogP contribution < -0.4 is 4.74 Å². The van der Waals surface area contributed by atoms with E-state index in [4.69, 9.17) is 9.26 Å². The molecule has 30 heavy (non-hydrogen) atoms. The Morgan fingerprint density at radius 2 is 1.93 bits per heavy atom. The van der Waals surface area contributed by atoms with Gasteiger partial charge in [-0.15, -0.1) is 0 Å². The van der Waals surface area contributed by atoms with Gasteiger partial charge >= 0.3 is 0 Å². The van der Waals surface area contributed by atoms with Crippen molar-refractivity contribution in [2.24, 2.45) is 0 Å². The molecule has 0 saturated carbocycles.